The van der Waals surface area contributed by atoms with Gasteiger partial charge in [-0.2, -0.15) is 0 Å². The molecule has 3 aliphatic heterocycles. The molecule has 2 aromatic carbocycles. The van der Waals surface area contributed by atoms with Crippen LogP contribution >= 0.6 is 0 Å². The third-order valence-corrected chi connectivity index (χ3v) is 6.66. The Morgan fingerprint density at radius 2 is 1.72 bits per heavy atom. The molecule has 7 nitrogen and oxygen atoms in total. The molecule has 3 fully saturated rings. The molecule has 2 aromatic rings. The van der Waals surface area contributed by atoms with Crippen LogP contribution in [0.1, 0.15) is 23.1 Å². The number of urea groups is 1. The molecule has 3 unspecified atom stereocenters. The number of likely N-dealkylation sites (N-methyl/N-ethyl adjacent to an activating group) is 1. The standard InChI is InChI=1S/C24H28FN5O2/c1-15-11-16(2)13-19(12-15)28-9-4-10-29-20-21(26-23(28)29)27(3)24(32)30(22(20)31)14-17-5-7-18(25)8-6-17/h5-8,11-13,20-21,23,26H,4,9-10,14H2,1-3H3. The molecule has 0 aromatic heterocycles. The van der Waals surface area contributed by atoms with E-state index in [1.54, 1.807) is 24.1 Å². The Hall–Kier alpha value is -2.97. The lowest BCUT2D eigenvalue weighted by molar-refractivity contribution is -0.139. The summed E-state index contributed by atoms with van der Waals surface area (Å²) in [4.78, 5) is 34.0. The highest BCUT2D eigenvalue weighted by molar-refractivity contribution is 6.00. The molecule has 3 aliphatic rings. The van der Waals surface area contributed by atoms with Crippen molar-refractivity contribution in [2.45, 2.75) is 45.3 Å². The van der Waals surface area contributed by atoms with E-state index in [1.807, 2.05) is 0 Å². The number of carbonyl (C=O) groups is 2. The second-order valence-electron chi connectivity index (χ2n) is 9.01. The maximum absolute atomic E-state index is 13.5. The van der Waals surface area contributed by atoms with Gasteiger partial charge in [-0.05, 0) is 61.2 Å². The Bertz CT molecular complexity index is 1040. The summed E-state index contributed by atoms with van der Waals surface area (Å²) in [5.41, 5.74) is 4.23. The number of hydrogen-bond donors (Lipinski definition) is 1. The van der Waals surface area contributed by atoms with Gasteiger partial charge in [0.15, 0.2) is 0 Å². The summed E-state index contributed by atoms with van der Waals surface area (Å²) in [6.07, 6.45) is 0.373. The van der Waals surface area contributed by atoms with Crippen molar-refractivity contribution in [2.24, 2.45) is 0 Å². The Kier molecular flexibility index (Phi) is 5.14. The zero-order chi connectivity index (χ0) is 22.6. The summed E-state index contributed by atoms with van der Waals surface area (Å²) in [6.45, 7) is 5.96. The number of benzene rings is 2. The summed E-state index contributed by atoms with van der Waals surface area (Å²) in [5.74, 6) is -0.551. The first kappa shape index (κ1) is 20.9. The van der Waals surface area contributed by atoms with Crippen molar-refractivity contribution < 1.29 is 14.0 Å². The van der Waals surface area contributed by atoms with Crippen LogP contribution in [0.4, 0.5) is 14.9 Å². The fourth-order valence-corrected chi connectivity index (χ4v) is 5.22. The summed E-state index contributed by atoms with van der Waals surface area (Å²) < 4.78 is 13.3. The van der Waals surface area contributed by atoms with Crippen LogP contribution in [-0.2, 0) is 11.3 Å². The summed E-state index contributed by atoms with van der Waals surface area (Å²) in [7, 11) is 1.73. The maximum Gasteiger partial charge on any atom is 0.328 e. The number of rotatable bonds is 3. The van der Waals surface area contributed by atoms with Gasteiger partial charge >= 0.3 is 6.03 Å². The number of hydrogen-bond acceptors (Lipinski definition) is 5. The van der Waals surface area contributed by atoms with Crippen molar-refractivity contribution in [1.82, 2.24) is 20.0 Å². The van der Waals surface area contributed by atoms with E-state index >= 15 is 0 Å². The number of fused-ring (bicyclic) bond motifs is 3. The topological polar surface area (TPSA) is 59.1 Å². The van der Waals surface area contributed by atoms with E-state index in [0.29, 0.717) is 0 Å². The average molecular weight is 438 g/mol. The number of imide groups is 1. The fourth-order valence-electron chi connectivity index (χ4n) is 5.22. The maximum atomic E-state index is 13.5. The van der Waals surface area contributed by atoms with Crippen LogP contribution in [-0.4, -0.2) is 65.3 Å². The van der Waals surface area contributed by atoms with E-state index in [4.69, 9.17) is 0 Å². The number of nitrogens with one attached hydrogen (secondary N) is 1. The summed E-state index contributed by atoms with van der Waals surface area (Å²) in [5, 5.41) is 3.54. The highest BCUT2D eigenvalue weighted by Gasteiger charge is 2.56. The predicted molar refractivity (Wildman–Crippen MR) is 119 cm³/mol. The van der Waals surface area contributed by atoms with Crippen LogP contribution in [0.15, 0.2) is 42.5 Å². The van der Waals surface area contributed by atoms with Crippen LogP contribution < -0.4 is 10.2 Å². The van der Waals surface area contributed by atoms with Crippen LogP contribution in [0.2, 0.25) is 0 Å². The lowest BCUT2D eigenvalue weighted by Gasteiger charge is -2.44. The fraction of sp³-hybridized carbons (Fsp3) is 0.417. The number of carbonyl (C=O) groups excluding carboxylic acids is 2. The second-order valence-corrected chi connectivity index (χ2v) is 9.01. The highest BCUT2D eigenvalue weighted by atomic mass is 19.1. The zero-order valence-electron chi connectivity index (χ0n) is 18.6. The van der Waals surface area contributed by atoms with Gasteiger partial charge in [0, 0.05) is 25.8 Å². The number of nitrogens with zero attached hydrogens (tertiary/aromatic N) is 4. The number of aryl methyl sites for hydroxylation is 2. The van der Waals surface area contributed by atoms with Crippen LogP contribution in [0.3, 0.4) is 0 Å². The molecular formula is C24H28FN5O2. The molecule has 1 N–H and O–H groups in total. The molecule has 32 heavy (non-hydrogen) atoms. The summed E-state index contributed by atoms with van der Waals surface area (Å²) >= 11 is 0. The lowest BCUT2D eigenvalue weighted by Crippen LogP contribution is -2.66. The van der Waals surface area contributed by atoms with Gasteiger partial charge in [0.2, 0.25) is 0 Å². The van der Waals surface area contributed by atoms with Crippen LogP contribution in [0, 0.1) is 19.7 Å². The second kappa shape index (κ2) is 7.86. The number of amides is 3. The molecule has 0 spiro atoms. The minimum absolute atomic E-state index is 0.130. The van der Waals surface area contributed by atoms with Gasteiger partial charge in [-0.15, -0.1) is 0 Å². The van der Waals surface area contributed by atoms with Crippen LogP contribution in [0.25, 0.3) is 0 Å². The van der Waals surface area contributed by atoms with Gasteiger partial charge in [0.1, 0.15) is 24.3 Å². The predicted octanol–water partition coefficient (Wildman–Crippen LogP) is 2.63. The van der Waals surface area contributed by atoms with E-state index in [9.17, 15) is 14.0 Å². The van der Waals surface area contributed by atoms with Crippen molar-refractivity contribution in [3.63, 3.8) is 0 Å². The molecule has 0 bridgehead atoms. The van der Waals surface area contributed by atoms with Gasteiger partial charge in [-0.3, -0.25) is 19.9 Å². The smallest absolute Gasteiger partial charge is 0.328 e. The van der Waals surface area contributed by atoms with Crippen molar-refractivity contribution in [2.75, 3.05) is 25.0 Å². The molecule has 3 saturated heterocycles. The van der Waals surface area contributed by atoms with E-state index in [1.165, 1.54) is 28.2 Å². The van der Waals surface area contributed by atoms with E-state index in [2.05, 4.69) is 47.2 Å². The van der Waals surface area contributed by atoms with Gasteiger partial charge in [-0.25, -0.2) is 9.18 Å². The molecule has 3 atom stereocenters. The van der Waals surface area contributed by atoms with E-state index in [0.717, 1.165) is 30.8 Å². The first-order chi connectivity index (χ1) is 15.3. The SMILES string of the molecule is Cc1cc(C)cc(N2CCCN3C4C(=O)N(Cc5ccc(F)cc5)C(=O)N(C)C4NC23)c1. The van der Waals surface area contributed by atoms with Gasteiger partial charge in [0.25, 0.3) is 5.91 Å². The molecule has 168 valence electrons. The molecular weight excluding hydrogens is 409 g/mol. The van der Waals surface area contributed by atoms with Crippen molar-refractivity contribution >= 4 is 17.6 Å². The zero-order valence-corrected chi connectivity index (χ0v) is 18.6. The van der Waals surface area contributed by atoms with E-state index in [-0.39, 0.29) is 30.6 Å². The summed E-state index contributed by atoms with van der Waals surface area (Å²) in [6, 6.07) is 11.6. The van der Waals surface area contributed by atoms with Crippen molar-refractivity contribution in [1.29, 1.82) is 0 Å². The molecule has 3 heterocycles. The van der Waals surface area contributed by atoms with E-state index < -0.39 is 12.2 Å². The molecule has 8 heteroatoms. The van der Waals surface area contributed by atoms with Crippen molar-refractivity contribution in [3.8, 4) is 0 Å². The molecule has 0 aliphatic carbocycles. The molecule has 0 radical (unpaired) electrons. The minimum Gasteiger partial charge on any atom is -0.343 e. The largest absolute Gasteiger partial charge is 0.343 e. The third kappa shape index (κ3) is 3.43. The average Bonchev–Trinajstić information content (AvgIpc) is 3.16. The quantitative estimate of drug-likeness (QED) is 0.800. The first-order valence-electron chi connectivity index (χ1n) is 11.0. The number of halogens is 1. The van der Waals surface area contributed by atoms with Gasteiger partial charge in [-0.1, -0.05) is 18.2 Å². The molecule has 3 amide bonds. The molecule has 5 rings (SSSR count). The lowest BCUT2D eigenvalue weighted by atomic mass is 10.1. The highest BCUT2D eigenvalue weighted by Crippen LogP contribution is 2.34. The third-order valence-electron chi connectivity index (χ3n) is 6.66. The van der Waals surface area contributed by atoms with Crippen molar-refractivity contribution in [3.05, 3.63) is 65.0 Å². The van der Waals surface area contributed by atoms with Gasteiger partial charge < -0.3 is 9.80 Å². The first-order valence-corrected chi connectivity index (χ1v) is 11.0. The van der Waals surface area contributed by atoms with Gasteiger partial charge in [0.05, 0.1) is 6.54 Å². The van der Waals surface area contributed by atoms with Crippen LogP contribution in [0.5, 0.6) is 0 Å². The Morgan fingerprint density at radius 1 is 1.03 bits per heavy atom. The normalized spacial score (nSPS) is 25.9. The number of anilines is 1. The molecule has 0 saturated carbocycles. The monoisotopic (exact) mass is 437 g/mol. The minimum atomic E-state index is -0.461. The Balaban J connectivity index is 1.44. The Morgan fingerprint density at radius 3 is 2.41 bits per heavy atom. The Labute approximate surface area is 187 Å².